The van der Waals surface area contributed by atoms with Gasteiger partial charge < -0.3 is 10.2 Å². The molecule has 1 saturated heterocycles. The van der Waals surface area contributed by atoms with E-state index in [4.69, 9.17) is 5.26 Å². The third-order valence-electron chi connectivity index (χ3n) is 3.02. The van der Waals surface area contributed by atoms with E-state index >= 15 is 0 Å². The average molecular weight is 244 g/mol. The number of hydrogen-bond acceptors (Lipinski definition) is 4. The minimum atomic E-state index is 0.175. The van der Waals surface area contributed by atoms with Crippen LogP contribution in [0.3, 0.4) is 0 Å². The summed E-state index contributed by atoms with van der Waals surface area (Å²) in [6.45, 7) is 2.28. The molecule has 1 fully saturated rings. The molecular weight excluding hydrogens is 228 g/mol. The Morgan fingerprint density at radius 3 is 3.00 bits per heavy atom. The minimum absolute atomic E-state index is 0.175. The average Bonchev–Trinajstić information content (AvgIpc) is 2.93. The van der Waals surface area contributed by atoms with Crippen molar-refractivity contribution in [3.8, 4) is 6.07 Å². The Hall–Kier alpha value is -2.09. The molecule has 18 heavy (non-hydrogen) atoms. The van der Waals surface area contributed by atoms with Gasteiger partial charge in [0.1, 0.15) is 11.9 Å². The second kappa shape index (κ2) is 6.01. The number of nitriles is 1. The fraction of sp³-hybridized carbons (Fsp3) is 0.462. The summed E-state index contributed by atoms with van der Waals surface area (Å²) in [6.07, 6.45) is 4.29. The molecule has 0 saturated carbocycles. The number of rotatable bonds is 4. The van der Waals surface area contributed by atoms with Crippen molar-refractivity contribution in [3.05, 3.63) is 23.9 Å². The predicted octanol–water partition coefficient (Wildman–Crippen LogP) is 1.38. The number of carbonyl (C=O) groups excluding carboxylic acids is 1. The summed E-state index contributed by atoms with van der Waals surface area (Å²) in [6, 6.07) is 5.50. The summed E-state index contributed by atoms with van der Waals surface area (Å²) >= 11 is 0. The predicted molar refractivity (Wildman–Crippen MR) is 67.9 cm³/mol. The number of hydrogen-bond donors (Lipinski definition) is 1. The Balaban J connectivity index is 1.81. The third-order valence-corrected chi connectivity index (χ3v) is 3.02. The molecule has 0 atom stereocenters. The van der Waals surface area contributed by atoms with Crippen LogP contribution in [0, 0.1) is 11.3 Å². The molecule has 1 amide bonds. The van der Waals surface area contributed by atoms with Gasteiger partial charge in [-0.3, -0.25) is 4.79 Å². The summed E-state index contributed by atoms with van der Waals surface area (Å²) in [5, 5.41) is 11.9. The summed E-state index contributed by atoms with van der Waals surface area (Å²) in [7, 11) is 0. The molecule has 1 aromatic heterocycles. The smallest absolute Gasteiger partial charge is 0.224 e. The lowest BCUT2D eigenvalue weighted by Crippen LogP contribution is -2.29. The molecule has 1 aliphatic rings. The number of pyridine rings is 1. The zero-order chi connectivity index (χ0) is 12.8. The van der Waals surface area contributed by atoms with Crippen LogP contribution >= 0.6 is 0 Å². The Bertz CT molecular complexity index is 460. The van der Waals surface area contributed by atoms with E-state index in [0.29, 0.717) is 24.3 Å². The molecule has 1 aliphatic heterocycles. The van der Waals surface area contributed by atoms with E-state index in [1.807, 2.05) is 4.90 Å². The maximum atomic E-state index is 11.8. The molecule has 0 aliphatic carbocycles. The van der Waals surface area contributed by atoms with Crippen LogP contribution in [0.1, 0.15) is 24.8 Å². The largest absolute Gasteiger partial charge is 0.368 e. The lowest BCUT2D eigenvalue weighted by Gasteiger charge is -2.15. The highest BCUT2D eigenvalue weighted by Gasteiger charge is 2.17. The van der Waals surface area contributed by atoms with E-state index in [0.717, 1.165) is 25.9 Å². The maximum Gasteiger partial charge on any atom is 0.224 e. The van der Waals surface area contributed by atoms with E-state index in [2.05, 4.69) is 16.4 Å². The van der Waals surface area contributed by atoms with Crippen molar-refractivity contribution in [2.45, 2.75) is 19.3 Å². The molecule has 0 aromatic carbocycles. The molecule has 0 radical (unpaired) electrons. The number of anilines is 1. The highest BCUT2D eigenvalue weighted by atomic mass is 16.2. The normalized spacial score (nSPS) is 14.3. The van der Waals surface area contributed by atoms with E-state index < -0.39 is 0 Å². The van der Waals surface area contributed by atoms with Crippen LogP contribution in [0.15, 0.2) is 18.3 Å². The van der Waals surface area contributed by atoms with Gasteiger partial charge in [-0.2, -0.15) is 5.26 Å². The van der Waals surface area contributed by atoms with Crippen LogP contribution in [0.25, 0.3) is 0 Å². The number of aromatic nitrogens is 1. The first-order valence-corrected chi connectivity index (χ1v) is 6.18. The molecule has 1 N–H and O–H groups in total. The molecule has 2 heterocycles. The number of nitrogens with one attached hydrogen (secondary N) is 1. The summed E-state index contributed by atoms with van der Waals surface area (Å²) in [5.74, 6) is 0.726. The van der Waals surface area contributed by atoms with Crippen LogP contribution in [-0.4, -0.2) is 35.4 Å². The topological polar surface area (TPSA) is 69.0 Å². The van der Waals surface area contributed by atoms with Gasteiger partial charge in [0.15, 0.2) is 0 Å². The first-order valence-electron chi connectivity index (χ1n) is 6.18. The van der Waals surface area contributed by atoms with Crippen LogP contribution < -0.4 is 5.32 Å². The summed E-state index contributed by atoms with van der Waals surface area (Å²) < 4.78 is 0. The number of likely N-dealkylation sites (tertiary alicyclic amines) is 1. The number of nitrogens with zero attached hydrogens (tertiary/aromatic N) is 3. The van der Waals surface area contributed by atoms with Crippen molar-refractivity contribution in [2.24, 2.45) is 0 Å². The molecule has 94 valence electrons. The molecule has 0 bridgehead atoms. The fourth-order valence-electron chi connectivity index (χ4n) is 2.05. The quantitative estimate of drug-likeness (QED) is 0.868. The Morgan fingerprint density at radius 1 is 1.50 bits per heavy atom. The summed E-state index contributed by atoms with van der Waals surface area (Å²) in [4.78, 5) is 17.8. The van der Waals surface area contributed by atoms with Crippen molar-refractivity contribution in [1.29, 1.82) is 5.26 Å². The molecule has 5 nitrogen and oxygen atoms in total. The van der Waals surface area contributed by atoms with E-state index in [1.54, 1.807) is 18.3 Å². The Labute approximate surface area is 106 Å². The van der Waals surface area contributed by atoms with Crippen molar-refractivity contribution in [2.75, 3.05) is 25.0 Å². The van der Waals surface area contributed by atoms with Crippen LogP contribution in [-0.2, 0) is 4.79 Å². The van der Waals surface area contributed by atoms with Gasteiger partial charge in [-0.05, 0) is 25.0 Å². The van der Waals surface area contributed by atoms with Crippen LogP contribution in [0.2, 0.25) is 0 Å². The molecule has 2 rings (SSSR count). The second-order valence-corrected chi connectivity index (χ2v) is 4.28. The highest BCUT2D eigenvalue weighted by Crippen LogP contribution is 2.11. The Morgan fingerprint density at radius 2 is 2.28 bits per heavy atom. The SMILES string of the molecule is N#Cc1cccnc1NCCC(=O)N1CCCC1. The fourth-order valence-corrected chi connectivity index (χ4v) is 2.05. The molecule has 1 aromatic rings. The summed E-state index contributed by atoms with van der Waals surface area (Å²) in [5.41, 5.74) is 0.506. The van der Waals surface area contributed by atoms with Crippen molar-refractivity contribution < 1.29 is 4.79 Å². The number of amides is 1. The first-order chi connectivity index (χ1) is 8.81. The zero-order valence-electron chi connectivity index (χ0n) is 10.2. The maximum absolute atomic E-state index is 11.8. The van der Waals surface area contributed by atoms with Gasteiger partial charge in [-0.15, -0.1) is 0 Å². The highest BCUT2D eigenvalue weighted by molar-refractivity contribution is 5.77. The monoisotopic (exact) mass is 244 g/mol. The zero-order valence-corrected chi connectivity index (χ0v) is 10.2. The number of carbonyl (C=O) groups is 1. The van der Waals surface area contributed by atoms with Crippen molar-refractivity contribution in [1.82, 2.24) is 9.88 Å². The lowest BCUT2D eigenvalue weighted by molar-refractivity contribution is -0.129. The van der Waals surface area contributed by atoms with E-state index in [9.17, 15) is 4.79 Å². The Kier molecular flexibility index (Phi) is 4.13. The second-order valence-electron chi connectivity index (χ2n) is 4.28. The van der Waals surface area contributed by atoms with E-state index in [1.165, 1.54) is 0 Å². The van der Waals surface area contributed by atoms with Crippen LogP contribution in [0.4, 0.5) is 5.82 Å². The van der Waals surface area contributed by atoms with Gasteiger partial charge in [-0.1, -0.05) is 0 Å². The lowest BCUT2D eigenvalue weighted by atomic mass is 10.2. The molecular formula is C13H16N4O. The molecule has 5 heteroatoms. The van der Waals surface area contributed by atoms with Gasteiger partial charge in [0, 0.05) is 32.3 Å². The molecule has 0 unspecified atom stereocenters. The van der Waals surface area contributed by atoms with E-state index in [-0.39, 0.29) is 5.91 Å². The minimum Gasteiger partial charge on any atom is -0.368 e. The molecule has 0 spiro atoms. The van der Waals surface area contributed by atoms with Gasteiger partial charge in [0.05, 0.1) is 5.56 Å². The standard InChI is InChI=1S/C13H16N4O/c14-10-11-4-3-6-15-13(11)16-7-5-12(18)17-8-1-2-9-17/h3-4,6H,1-2,5,7-9H2,(H,15,16). The third kappa shape index (κ3) is 2.98. The van der Waals surface area contributed by atoms with Crippen LogP contribution in [0.5, 0.6) is 0 Å². The van der Waals surface area contributed by atoms with Gasteiger partial charge in [0.25, 0.3) is 0 Å². The first kappa shape index (κ1) is 12.4. The van der Waals surface area contributed by atoms with Crippen molar-refractivity contribution in [3.63, 3.8) is 0 Å². The van der Waals surface area contributed by atoms with Gasteiger partial charge >= 0.3 is 0 Å². The van der Waals surface area contributed by atoms with Gasteiger partial charge in [-0.25, -0.2) is 4.98 Å². The van der Waals surface area contributed by atoms with Gasteiger partial charge in [0.2, 0.25) is 5.91 Å². The van der Waals surface area contributed by atoms with Crippen molar-refractivity contribution >= 4 is 11.7 Å².